The van der Waals surface area contributed by atoms with Gasteiger partial charge in [-0.05, 0) is 61.4 Å². The highest BCUT2D eigenvalue weighted by molar-refractivity contribution is 6.39. The molecule has 1 heterocycles. The molecule has 0 bridgehead atoms. The van der Waals surface area contributed by atoms with E-state index in [1.807, 2.05) is 13.8 Å². The smallest absolute Gasteiger partial charge is 0.335 e. The number of carbonyl (C=O) groups is 3. The van der Waals surface area contributed by atoms with Crippen LogP contribution in [-0.2, 0) is 9.59 Å². The lowest BCUT2D eigenvalue weighted by atomic mass is 10.1. The zero-order chi connectivity index (χ0) is 21.1. The molecule has 1 atom stereocenters. The predicted octanol–water partition coefficient (Wildman–Crippen LogP) is 4.32. The minimum absolute atomic E-state index is 0.0160. The average Bonchev–Trinajstić information content (AvgIpc) is 2.68. The second kappa shape index (κ2) is 8.45. The lowest BCUT2D eigenvalue weighted by Crippen LogP contribution is -2.54. The quantitative estimate of drug-likeness (QED) is 0.581. The fourth-order valence-electron chi connectivity index (χ4n) is 2.65. The Morgan fingerprint density at radius 3 is 2.48 bits per heavy atom. The number of imide groups is 2. The van der Waals surface area contributed by atoms with Crippen molar-refractivity contribution in [3.05, 3.63) is 64.4 Å². The molecule has 29 heavy (non-hydrogen) atoms. The zero-order valence-corrected chi connectivity index (χ0v) is 16.5. The van der Waals surface area contributed by atoms with E-state index < -0.39 is 23.7 Å². The van der Waals surface area contributed by atoms with Gasteiger partial charge in [-0.15, -0.1) is 0 Å². The minimum Gasteiger partial charge on any atom is -0.489 e. The van der Waals surface area contributed by atoms with Crippen molar-refractivity contribution in [3.63, 3.8) is 0 Å². The third-order valence-electron chi connectivity index (χ3n) is 4.36. The highest BCUT2D eigenvalue weighted by atomic mass is 35.5. The number of nitrogens with one attached hydrogen (secondary N) is 1. The summed E-state index contributed by atoms with van der Waals surface area (Å²) in [6.07, 6.45) is 2.13. The van der Waals surface area contributed by atoms with E-state index in [9.17, 15) is 18.8 Å². The summed E-state index contributed by atoms with van der Waals surface area (Å²) < 4.78 is 18.9. The summed E-state index contributed by atoms with van der Waals surface area (Å²) in [4.78, 5) is 37.9. The lowest BCUT2D eigenvalue weighted by Gasteiger charge is -2.26. The number of benzene rings is 2. The van der Waals surface area contributed by atoms with Crippen molar-refractivity contribution in [3.8, 4) is 5.75 Å². The standard InChI is InChI=1S/C21H18ClFN2O4/c1-3-12(2)29-18-9-4-13(11-17(18)22)10-16-19(26)24-21(28)25(20(16)27)15-7-5-14(23)6-8-15/h4-12H,3H2,1-2H3,(H,24,26,28)/b16-10+. The van der Waals surface area contributed by atoms with Gasteiger partial charge in [0, 0.05) is 0 Å². The first-order chi connectivity index (χ1) is 13.8. The molecular weight excluding hydrogens is 399 g/mol. The molecule has 1 N–H and O–H groups in total. The maximum absolute atomic E-state index is 13.2. The monoisotopic (exact) mass is 416 g/mol. The van der Waals surface area contributed by atoms with Crippen LogP contribution >= 0.6 is 11.6 Å². The Kier molecular flexibility index (Phi) is 5.98. The normalized spacial score (nSPS) is 16.8. The Bertz CT molecular complexity index is 1000. The average molecular weight is 417 g/mol. The summed E-state index contributed by atoms with van der Waals surface area (Å²) in [6.45, 7) is 3.90. The van der Waals surface area contributed by atoms with Crippen LogP contribution in [-0.4, -0.2) is 23.9 Å². The maximum Gasteiger partial charge on any atom is 0.335 e. The molecule has 1 unspecified atom stereocenters. The lowest BCUT2D eigenvalue weighted by molar-refractivity contribution is -0.122. The van der Waals surface area contributed by atoms with Crippen LogP contribution in [0, 0.1) is 5.82 Å². The Balaban J connectivity index is 1.92. The van der Waals surface area contributed by atoms with E-state index in [1.54, 1.807) is 18.2 Å². The predicted molar refractivity (Wildman–Crippen MR) is 107 cm³/mol. The molecule has 8 heteroatoms. The van der Waals surface area contributed by atoms with Gasteiger partial charge in [-0.1, -0.05) is 24.6 Å². The summed E-state index contributed by atoms with van der Waals surface area (Å²) in [6, 6.07) is 8.74. The summed E-state index contributed by atoms with van der Waals surface area (Å²) in [5.41, 5.74) is 0.377. The van der Waals surface area contributed by atoms with Crippen LogP contribution in [0.5, 0.6) is 5.75 Å². The third-order valence-corrected chi connectivity index (χ3v) is 4.65. The van der Waals surface area contributed by atoms with Crippen LogP contribution in [0.25, 0.3) is 6.08 Å². The number of halogens is 2. The van der Waals surface area contributed by atoms with E-state index in [2.05, 4.69) is 5.32 Å². The van der Waals surface area contributed by atoms with E-state index in [1.165, 1.54) is 18.2 Å². The molecule has 150 valence electrons. The Hall–Kier alpha value is -3.19. The van der Waals surface area contributed by atoms with Gasteiger partial charge in [0.05, 0.1) is 16.8 Å². The number of nitrogens with zero attached hydrogens (tertiary/aromatic N) is 1. The molecule has 6 nitrogen and oxygen atoms in total. The van der Waals surface area contributed by atoms with Crippen LogP contribution in [0.4, 0.5) is 14.9 Å². The Labute approximate surface area is 171 Å². The molecule has 2 aromatic carbocycles. The number of urea groups is 1. The van der Waals surface area contributed by atoms with Gasteiger partial charge in [0.25, 0.3) is 11.8 Å². The third kappa shape index (κ3) is 4.46. The number of carbonyl (C=O) groups excluding carboxylic acids is 3. The molecule has 0 spiro atoms. The van der Waals surface area contributed by atoms with Crippen molar-refractivity contribution in [1.29, 1.82) is 0 Å². The molecule has 2 aromatic rings. The van der Waals surface area contributed by atoms with Crippen molar-refractivity contribution in [2.45, 2.75) is 26.4 Å². The molecule has 1 saturated heterocycles. The van der Waals surface area contributed by atoms with Crippen molar-refractivity contribution in [1.82, 2.24) is 5.32 Å². The molecular formula is C21H18ClFN2O4. The van der Waals surface area contributed by atoms with Crippen LogP contribution in [0.1, 0.15) is 25.8 Å². The van der Waals surface area contributed by atoms with Gasteiger partial charge in [0.1, 0.15) is 17.1 Å². The van der Waals surface area contributed by atoms with Crippen molar-refractivity contribution >= 4 is 41.2 Å². The number of hydrogen-bond donors (Lipinski definition) is 1. The Morgan fingerprint density at radius 1 is 1.17 bits per heavy atom. The number of barbiturate groups is 1. The van der Waals surface area contributed by atoms with Crippen molar-refractivity contribution in [2.75, 3.05) is 4.90 Å². The second-order valence-corrected chi connectivity index (χ2v) is 6.87. The zero-order valence-electron chi connectivity index (χ0n) is 15.7. The Morgan fingerprint density at radius 2 is 1.86 bits per heavy atom. The maximum atomic E-state index is 13.2. The van der Waals surface area contributed by atoms with Gasteiger partial charge in [-0.3, -0.25) is 14.9 Å². The fraction of sp³-hybridized carbons (Fsp3) is 0.190. The van der Waals surface area contributed by atoms with E-state index in [0.717, 1.165) is 23.5 Å². The molecule has 0 aliphatic carbocycles. The van der Waals surface area contributed by atoms with Gasteiger partial charge >= 0.3 is 6.03 Å². The van der Waals surface area contributed by atoms with E-state index >= 15 is 0 Å². The van der Waals surface area contributed by atoms with E-state index in [-0.39, 0.29) is 17.4 Å². The minimum atomic E-state index is -0.904. The van der Waals surface area contributed by atoms with Gasteiger partial charge in [0.15, 0.2) is 0 Å². The fourth-order valence-corrected chi connectivity index (χ4v) is 2.88. The van der Waals surface area contributed by atoms with Crippen LogP contribution in [0.3, 0.4) is 0 Å². The highest BCUT2D eigenvalue weighted by Crippen LogP contribution is 2.29. The molecule has 3 rings (SSSR count). The molecule has 1 aliphatic rings. The van der Waals surface area contributed by atoms with Crippen LogP contribution < -0.4 is 15.0 Å². The van der Waals surface area contributed by atoms with Crippen molar-refractivity contribution in [2.24, 2.45) is 0 Å². The molecule has 4 amide bonds. The number of hydrogen-bond acceptors (Lipinski definition) is 4. The number of rotatable bonds is 5. The second-order valence-electron chi connectivity index (χ2n) is 6.46. The van der Waals surface area contributed by atoms with Gasteiger partial charge in [0.2, 0.25) is 0 Å². The molecule has 1 aliphatic heterocycles. The van der Waals surface area contributed by atoms with Crippen LogP contribution in [0.15, 0.2) is 48.0 Å². The van der Waals surface area contributed by atoms with E-state index in [4.69, 9.17) is 16.3 Å². The molecule has 0 saturated carbocycles. The highest BCUT2D eigenvalue weighted by Gasteiger charge is 2.36. The van der Waals surface area contributed by atoms with Crippen LogP contribution in [0.2, 0.25) is 5.02 Å². The summed E-state index contributed by atoms with van der Waals surface area (Å²) in [7, 11) is 0. The first kappa shape index (κ1) is 20.5. The SMILES string of the molecule is CCC(C)Oc1ccc(/C=C2\C(=O)NC(=O)N(c3ccc(F)cc3)C2=O)cc1Cl. The van der Waals surface area contributed by atoms with Gasteiger partial charge in [-0.2, -0.15) is 0 Å². The molecule has 1 fully saturated rings. The first-order valence-electron chi connectivity index (χ1n) is 8.93. The van der Waals surface area contributed by atoms with Gasteiger partial charge < -0.3 is 4.74 Å². The summed E-state index contributed by atoms with van der Waals surface area (Å²) in [5.74, 6) is -1.67. The number of amides is 4. The largest absolute Gasteiger partial charge is 0.489 e. The van der Waals surface area contributed by atoms with Gasteiger partial charge in [-0.25, -0.2) is 14.1 Å². The summed E-state index contributed by atoms with van der Waals surface area (Å²) in [5, 5.41) is 2.44. The van der Waals surface area contributed by atoms with Crippen molar-refractivity contribution < 1.29 is 23.5 Å². The molecule has 0 radical (unpaired) electrons. The number of anilines is 1. The molecule has 0 aromatic heterocycles. The van der Waals surface area contributed by atoms with E-state index in [0.29, 0.717) is 16.3 Å². The number of ether oxygens (including phenoxy) is 1. The summed E-state index contributed by atoms with van der Waals surface area (Å²) >= 11 is 6.24. The topological polar surface area (TPSA) is 75.7 Å². The first-order valence-corrected chi connectivity index (χ1v) is 9.31.